The fourth-order valence-corrected chi connectivity index (χ4v) is 2.86. The molecule has 0 saturated heterocycles. The number of carbonyl (C=O) groups is 2. The van der Waals surface area contributed by atoms with Gasteiger partial charge in [-0.15, -0.1) is 0 Å². The van der Waals surface area contributed by atoms with E-state index in [1.165, 1.54) is 0 Å². The first-order valence-corrected chi connectivity index (χ1v) is 9.06. The van der Waals surface area contributed by atoms with Crippen LogP contribution in [0.2, 0.25) is 0 Å². The highest BCUT2D eigenvalue weighted by Crippen LogP contribution is 2.18. The molecule has 2 aromatic heterocycles. The van der Waals surface area contributed by atoms with Crippen molar-refractivity contribution < 1.29 is 23.8 Å². The minimum atomic E-state index is -0.976. The second-order valence-corrected chi connectivity index (χ2v) is 6.47. The molecule has 0 saturated carbocycles. The van der Waals surface area contributed by atoms with Crippen molar-refractivity contribution in [2.24, 2.45) is 5.92 Å². The smallest absolute Gasteiger partial charge is 0.308 e. The van der Waals surface area contributed by atoms with Gasteiger partial charge in [-0.25, -0.2) is 4.98 Å². The minimum absolute atomic E-state index is 0.00905. The number of carbonyl (C=O) groups excluding carboxylic acids is 1. The van der Waals surface area contributed by atoms with Crippen LogP contribution in [0, 0.1) is 12.8 Å². The van der Waals surface area contributed by atoms with Crippen LogP contribution in [0.3, 0.4) is 0 Å². The van der Waals surface area contributed by atoms with Gasteiger partial charge in [-0.1, -0.05) is 12.1 Å². The maximum Gasteiger partial charge on any atom is 0.308 e. The van der Waals surface area contributed by atoms with Crippen molar-refractivity contribution in [2.75, 3.05) is 13.2 Å². The summed E-state index contributed by atoms with van der Waals surface area (Å²) in [5.41, 5.74) is 2.78. The number of carboxylic acids is 1. The number of amides is 1. The summed E-state index contributed by atoms with van der Waals surface area (Å²) in [5.74, 6) is -1.35. The van der Waals surface area contributed by atoms with E-state index in [-0.39, 0.29) is 12.3 Å². The molecule has 146 valence electrons. The van der Waals surface area contributed by atoms with Crippen LogP contribution in [0.25, 0.3) is 11.1 Å². The maximum atomic E-state index is 12.4. The van der Waals surface area contributed by atoms with Crippen LogP contribution in [0.1, 0.15) is 28.7 Å². The van der Waals surface area contributed by atoms with Crippen LogP contribution in [-0.2, 0) is 11.2 Å². The average molecular weight is 382 g/mol. The molecule has 7 nitrogen and oxygen atoms in total. The highest BCUT2D eigenvalue weighted by Gasteiger charge is 2.21. The van der Waals surface area contributed by atoms with Gasteiger partial charge in [0.25, 0.3) is 5.91 Å². The van der Waals surface area contributed by atoms with E-state index in [0.29, 0.717) is 24.1 Å². The first kappa shape index (κ1) is 19.4. The van der Waals surface area contributed by atoms with Crippen LogP contribution >= 0.6 is 0 Å². The molecular weight excluding hydrogens is 360 g/mol. The lowest BCUT2D eigenvalue weighted by molar-refractivity contribution is -0.141. The van der Waals surface area contributed by atoms with Gasteiger partial charge in [-0.05, 0) is 50.1 Å². The Morgan fingerprint density at radius 3 is 2.64 bits per heavy atom. The molecular formula is C21H22N2O5. The highest BCUT2D eigenvalue weighted by atomic mass is 16.5. The van der Waals surface area contributed by atoms with E-state index in [1.54, 1.807) is 30.3 Å². The van der Waals surface area contributed by atoms with E-state index in [0.717, 1.165) is 17.0 Å². The van der Waals surface area contributed by atoms with Crippen LogP contribution in [0.4, 0.5) is 0 Å². The molecule has 28 heavy (non-hydrogen) atoms. The molecule has 1 aromatic carbocycles. The second kappa shape index (κ2) is 8.56. The summed E-state index contributed by atoms with van der Waals surface area (Å²) in [7, 11) is 0. The lowest BCUT2D eigenvalue weighted by Gasteiger charge is -2.13. The van der Waals surface area contributed by atoms with E-state index in [1.807, 2.05) is 26.0 Å². The number of pyridine rings is 1. The molecule has 3 rings (SSSR count). The maximum absolute atomic E-state index is 12.4. The highest BCUT2D eigenvalue weighted by molar-refractivity contribution is 5.95. The van der Waals surface area contributed by atoms with E-state index in [4.69, 9.17) is 9.15 Å². The Morgan fingerprint density at radius 2 is 1.96 bits per heavy atom. The molecule has 1 amide bonds. The first-order valence-electron chi connectivity index (χ1n) is 9.06. The number of aryl methyl sites for hydroxylation is 1. The Hall–Kier alpha value is -3.35. The molecule has 0 radical (unpaired) electrons. The van der Waals surface area contributed by atoms with E-state index < -0.39 is 17.8 Å². The molecule has 0 bridgehead atoms. The Morgan fingerprint density at radius 1 is 1.21 bits per heavy atom. The Labute approximate surface area is 162 Å². The Balaban J connectivity index is 1.63. The number of hydrogen-bond donors (Lipinski definition) is 2. The Kier molecular flexibility index (Phi) is 5.93. The molecule has 3 aromatic rings. The third-order valence-corrected chi connectivity index (χ3v) is 4.31. The van der Waals surface area contributed by atoms with E-state index >= 15 is 0 Å². The van der Waals surface area contributed by atoms with E-state index in [2.05, 4.69) is 10.3 Å². The SMILES string of the molecule is CCOc1ccc(CC(CNC(=O)c2cc3nc(C)ccc3o2)C(=O)O)cc1. The lowest BCUT2D eigenvalue weighted by atomic mass is 9.99. The third kappa shape index (κ3) is 4.68. The van der Waals surface area contributed by atoms with Crippen molar-refractivity contribution in [1.82, 2.24) is 10.3 Å². The summed E-state index contributed by atoms with van der Waals surface area (Å²) >= 11 is 0. The average Bonchev–Trinajstić information content (AvgIpc) is 3.09. The predicted molar refractivity (Wildman–Crippen MR) is 104 cm³/mol. The van der Waals surface area contributed by atoms with Gasteiger partial charge in [0.1, 0.15) is 11.3 Å². The number of aliphatic carboxylic acids is 1. The number of fused-ring (bicyclic) bond motifs is 1. The van der Waals surface area contributed by atoms with E-state index in [9.17, 15) is 14.7 Å². The lowest BCUT2D eigenvalue weighted by Crippen LogP contribution is -2.33. The predicted octanol–water partition coefficient (Wildman–Crippen LogP) is 3.21. The van der Waals surface area contributed by atoms with Gasteiger partial charge in [-0.3, -0.25) is 9.59 Å². The zero-order valence-electron chi connectivity index (χ0n) is 15.8. The minimum Gasteiger partial charge on any atom is -0.494 e. The number of nitrogens with zero attached hydrogens (tertiary/aromatic N) is 1. The first-order chi connectivity index (χ1) is 13.5. The van der Waals surface area contributed by atoms with Crippen molar-refractivity contribution in [1.29, 1.82) is 0 Å². The van der Waals surface area contributed by atoms with Crippen LogP contribution in [0.5, 0.6) is 5.75 Å². The summed E-state index contributed by atoms with van der Waals surface area (Å²) in [6.07, 6.45) is 0.295. The molecule has 0 fully saturated rings. The summed E-state index contributed by atoms with van der Waals surface area (Å²) < 4.78 is 10.9. The molecule has 0 aliphatic heterocycles. The topological polar surface area (TPSA) is 102 Å². The van der Waals surface area contributed by atoms with Gasteiger partial charge in [0.2, 0.25) is 0 Å². The molecule has 2 heterocycles. The molecule has 2 N–H and O–H groups in total. The number of rotatable bonds is 8. The fraction of sp³-hybridized carbons (Fsp3) is 0.286. The van der Waals surface area contributed by atoms with Gasteiger partial charge < -0.3 is 19.6 Å². The van der Waals surface area contributed by atoms with Crippen molar-refractivity contribution in [3.05, 3.63) is 59.5 Å². The van der Waals surface area contributed by atoms with Crippen LogP contribution in [-0.4, -0.2) is 35.1 Å². The number of furan rings is 1. The second-order valence-electron chi connectivity index (χ2n) is 6.47. The zero-order chi connectivity index (χ0) is 20.1. The monoisotopic (exact) mass is 382 g/mol. The van der Waals surface area contributed by atoms with Gasteiger partial charge in [0, 0.05) is 18.3 Å². The van der Waals surface area contributed by atoms with Crippen molar-refractivity contribution >= 4 is 23.0 Å². The molecule has 1 atom stereocenters. The number of hydrogen-bond acceptors (Lipinski definition) is 5. The number of carboxylic acid groups (broad SMARTS) is 1. The van der Waals surface area contributed by atoms with Gasteiger partial charge in [0.05, 0.1) is 12.5 Å². The van der Waals surface area contributed by atoms with Gasteiger partial charge in [-0.2, -0.15) is 0 Å². The summed E-state index contributed by atoms with van der Waals surface area (Å²) in [5, 5.41) is 12.1. The number of aromatic nitrogens is 1. The summed E-state index contributed by atoms with van der Waals surface area (Å²) in [6.45, 7) is 4.31. The summed E-state index contributed by atoms with van der Waals surface area (Å²) in [4.78, 5) is 28.2. The third-order valence-electron chi connectivity index (χ3n) is 4.31. The van der Waals surface area contributed by atoms with Crippen molar-refractivity contribution in [3.63, 3.8) is 0 Å². The van der Waals surface area contributed by atoms with Crippen molar-refractivity contribution in [3.8, 4) is 5.75 Å². The molecule has 1 unspecified atom stereocenters. The number of ether oxygens (including phenoxy) is 1. The standard InChI is InChI=1S/C21H22N2O5/c1-3-27-16-7-5-14(6-8-16)10-15(21(25)26)12-22-20(24)19-11-17-18(28-19)9-4-13(2)23-17/h4-9,11,15H,3,10,12H2,1-2H3,(H,22,24)(H,25,26). The zero-order valence-corrected chi connectivity index (χ0v) is 15.8. The quantitative estimate of drug-likeness (QED) is 0.620. The fourth-order valence-electron chi connectivity index (χ4n) is 2.86. The van der Waals surface area contributed by atoms with Crippen LogP contribution < -0.4 is 10.1 Å². The molecule has 0 aliphatic carbocycles. The Bertz CT molecular complexity index is 978. The molecule has 0 aliphatic rings. The van der Waals surface area contributed by atoms with Gasteiger partial charge >= 0.3 is 5.97 Å². The number of benzene rings is 1. The van der Waals surface area contributed by atoms with Gasteiger partial charge in [0.15, 0.2) is 11.3 Å². The molecule has 0 spiro atoms. The largest absolute Gasteiger partial charge is 0.494 e. The normalized spacial score (nSPS) is 11.9. The number of nitrogens with one attached hydrogen (secondary N) is 1. The molecule has 7 heteroatoms. The van der Waals surface area contributed by atoms with Crippen LogP contribution in [0.15, 0.2) is 46.9 Å². The van der Waals surface area contributed by atoms with Crippen molar-refractivity contribution in [2.45, 2.75) is 20.3 Å². The summed E-state index contributed by atoms with van der Waals surface area (Å²) in [6, 6.07) is 12.4.